The molecule has 0 unspecified atom stereocenters. The number of imidazole rings is 1. The number of hydrogen-bond donors (Lipinski definition) is 2. The van der Waals surface area contributed by atoms with Crippen LogP contribution < -0.4 is 5.69 Å². The maximum absolute atomic E-state index is 13.9. The fourth-order valence-electron chi connectivity index (χ4n) is 2.65. The summed E-state index contributed by atoms with van der Waals surface area (Å²) in [5.41, 5.74) is 1.51. The molecule has 5 nitrogen and oxygen atoms in total. The zero-order valence-corrected chi connectivity index (χ0v) is 11.2. The minimum Gasteiger partial charge on any atom is -0.346 e. The van der Waals surface area contributed by atoms with Gasteiger partial charge in [0, 0.05) is 17.1 Å². The first-order valence-electron chi connectivity index (χ1n) is 6.62. The van der Waals surface area contributed by atoms with E-state index in [0.717, 1.165) is 11.5 Å². The number of pyridine rings is 1. The number of halogens is 2. The van der Waals surface area contributed by atoms with Crippen molar-refractivity contribution < 1.29 is 8.78 Å². The molecule has 0 fully saturated rings. The molecule has 0 bridgehead atoms. The molecule has 2 N–H and O–H groups in total. The van der Waals surface area contributed by atoms with Crippen molar-refractivity contribution in [2.45, 2.75) is 6.54 Å². The van der Waals surface area contributed by atoms with Gasteiger partial charge in [-0.3, -0.25) is 4.57 Å². The largest absolute Gasteiger partial charge is 0.346 e. The maximum atomic E-state index is 13.9. The van der Waals surface area contributed by atoms with Crippen molar-refractivity contribution >= 4 is 22.1 Å². The van der Waals surface area contributed by atoms with Gasteiger partial charge in [-0.05, 0) is 12.1 Å². The molecular weight excluding hydrogens is 290 g/mol. The quantitative estimate of drug-likeness (QED) is 0.597. The molecular formula is C15H10F2N4O. The van der Waals surface area contributed by atoms with E-state index in [1.54, 1.807) is 12.3 Å². The second kappa shape index (κ2) is 4.52. The van der Waals surface area contributed by atoms with Gasteiger partial charge in [-0.1, -0.05) is 12.1 Å². The normalized spacial score (nSPS) is 11.5. The van der Waals surface area contributed by atoms with Crippen LogP contribution in [0.1, 0.15) is 5.56 Å². The van der Waals surface area contributed by atoms with Gasteiger partial charge in [0.15, 0.2) is 11.6 Å². The maximum Gasteiger partial charge on any atom is 0.326 e. The molecule has 0 atom stereocenters. The Bertz CT molecular complexity index is 1060. The lowest BCUT2D eigenvalue weighted by Gasteiger charge is -2.06. The highest BCUT2D eigenvalue weighted by molar-refractivity contribution is 6.00. The van der Waals surface area contributed by atoms with Crippen molar-refractivity contribution in [1.29, 1.82) is 0 Å². The van der Waals surface area contributed by atoms with Crippen molar-refractivity contribution in [3.05, 3.63) is 64.3 Å². The molecule has 3 aromatic heterocycles. The lowest BCUT2D eigenvalue weighted by Crippen LogP contribution is -2.18. The van der Waals surface area contributed by atoms with Gasteiger partial charge in [-0.25, -0.2) is 18.6 Å². The fraction of sp³-hybridized carbons (Fsp3) is 0.0667. The number of aromatic amines is 2. The monoisotopic (exact) mass is 300 g/mol. The zero-order chi connectivity index (χ0) is 15.3. The van der Waals surface area contributed by atoms with E-state index in [-0.39, 0.29) is 12.1 Å². The van der Waals surface area contributed by atoms with Crippen LogP contribution in [0.15, 0.2) is 41.5 Å². The van der Waals surface area contributed by atoms with Crippen LogP contribution >= 0.6 is 0 Å². The van der Waals surface area contributed by atoms with Gasteiger partial charge in [-0.15, -0.1) is 0 Å². The molecule has 22 heavy (non-hydrogen) atoms. The van der Waals surface area contributed by atoms with Crippen molar-refractivity contribution in [3.63, 3.8) is 0 Å². The SMILES string of the molecule is O=c1[nH]c2cnc3[nH]ccc3c2n1Cc1cccc(F)c1F. The van der Waals surface area contributed by atoms with Crippen LogP contribution in [-0.2, 0) is 6.54 Å². The van der Waals surface area contributed by atoms with Crippen LogP contribution in [0.4, 0.5) is 8.78 Å². The molecule has 0 aliphatic heterocycles. The second-order valence-electron chi connectivity index (χ2n) is 4.99. The van der Waals surface area contributed by atoms with E-state index < -0.39 is 17.3 Å². The van der Waals surface area contributed by atoms with Crippen molar-refractivity contribution in [3.8, 4) is 0 Å². The first-order chi connectivity index (χ1) is 10.6. The molecule has 1 aromatic carbocycles. The van der Waals surface area contributed by atoms with Crippen LogP contribution in [0.2, 0.25) is 0 Å². The summed E-state index contributed by atoms with van der Waals surface area (Å²) >= 11 is 0. The molecule has 3 heterocycles. The number of nitrogens with one attached hydrogen (secondary N) is 2. The minimum absolute atomic E-state index is 0.0628. The van der Waals surface area contributed by atoms with E-state index in [1.807, 2.05) is 0 Å². The standard InChI is InChI=1S/C15H10F2N4O/c16-10-3-1-2-8(12(10)17)7-21-13-9-4-5-18-14(9)19-6-11(13)20-15(21)22/h1-6H,7H2,(H,18,19)(H,20,22). The van der Waals surface area contributed by atoms with Crippen molar-refractivity contribution in [2.24, 2.45) is 0 Å². The van der Waals surface area contributed by atoms with Crippen molar-refractivity contribution in [2.75, 3.05) is 0 Å². The predicted octanol–water partition coefficient (Wildman–Crippen LogP) is 2.53. The van der Waals surface area contributed by atoms with E-state index >= 15 is 0 Å². The molecule has 4 rings (SSSR count). The lowest BCUT2D eigenvalue weighted by molar-refractivity contribution is 0.495. The Morgan fingerprint density at radius 2 is 2.09 bits per heavy atom. The van der Waals surface area contributed by atoms with Gasteiger partial charge < -0.3 is 9.97 Å². The Balaban J connectivity index is 1.98. The van der Waals surface area contributed by atoms with E-state index in [9.17, 15) is 13.6 Å². The first-order valence-corrected chi connectivity index (χ1v) is 6.62. The number of hydrogen-bond acceptors (Lipinski definition) is 2. The highest BCUT2D eigenvalue weighted by Crippen LogP contribution is 2.22. The third-order valence-corrected chi connectivity index (χ3v) is 3.67. The van der Waals surface area contributed by atoms with Gasteiger partial charge in [0.05, 0.1) is 23.8 Å². The highest BCUT2D eigenvalue weighted by Gasteiger charge is 2.15. The van der Waals surface area contributed by atoms with Gasteiger partial charge in [0.25, 0.3) is 0 Å². The zero-order valence-electron chi connectivity index (χ0n) is 11.2. The van der Waals surface area contributed by atoms with E-state index in [1.165, 1.54) is 22.9 Å². The minimum atomic E-state index is -0.942. The Hall–Kier alpha value is -2.96. The summed E-state index contributed by atoms with van der Waals surface area (Å²) in [5, 5.41) is 0.743. The van der Waals surface area contributed by atoms with Gasteiger partial charge in [0.2, 0.25) is 0 Å². The molecule has 0 amide bonds. The first kappa shape index (κ1) is 12.8. The topological polar surface area (TPSA) is 66.5 Å². The predicted molar refractivity (Wildman–Crippen MR) is 77.7 cm³/mol. The molecule has 0 aliphatic rings. The number of fused-ring (bicyclic) bond motifs is 3. The van der Waals surface area contributed by atoms with Gasteiger partial charge in [-0.2, -0.15) is 0 Å². The summed E-state index contributed by atoms with van der Waals surface area (Å²) in [6, 6.07) is 5.71. The molecule has 110 valence electrons. The van der Waals surface area contributed by atoms with E-state index in [4.69, 9.17) is 0 Å². The summed E-state index contributed by atoms with van der Waals surface area (Å²) < 4.78 is 28.6. The van der Waals surface area contributed by atoms with Gasteiger partial charge in [0.1, 0.15) is 5.65 Å². The number of rotatable bonds is 2. The van der Waals surface area contributed by atoms with Crippen LogP contribution in [0.25, 0.3) is 22.1 Å². The molecule has 0 spiro atoms. The van der Waals surface area contributed by atoms with Crippen LogP contribution in [0.3, 0.4) is 0 Å². The highest BCUT2D eigenvalue weighted by atomic mass is 19.2. The molecule has 4 aromatic rings. The smallest absolute Gasteiger partial charge is 0.326 e. The van der Waals surface area contributed by atoms with E-state index in [2.05, 4.69) is 15.0 Å². The van der Waals surface area contributed by atoms with E-state index in [0.29, 0.717) is 16.7 Å². The molecule has 0 saturated heterocycles. The van der Waals surface area contributed by atoms with Crippen molar-refractivity contribution in [1.82, 2.24) is 19.5 Å². The van der Waals surface area contributed by atoms with Crippen LogP contribution in [-0.4, -0.2) is 19.5 Å². The Morgan fingerprint density at radius 3 is 2.95 bits per heavy atom. The Labute approximate surface area is 122 Å². The third-order valence-electron chi connectivity index (χ3n) is 3.67. The number of H-pyrrole nitrogens is 2. The molecule has 0 aliphatic carbocycles. The number of aromatic nitrogens is 4. The summed E-state index contributed by atoms with van der Waals surface area (Å²) in [7, 11) is 0. The second-order valence-corrected chi connectivity index (χ2v) is 4.99. The molecule has 0 radical (unpaired) electrons. The lowest BCUT2D eigenvalue weighted by atomic mass is 10.2. The number of benzene rings is 1. The summed E-state index contributed by atoms with van der Waals surface area (Å²) in [4.78, 5) is 22.0. The van der Waals surface area contributed by atoms with Crippen LogP contribution in [0.5, 0.6) is 0 Å². The Kier molecular flexibility index (Phi) is 2.62. The summed E-state index contributed by atoms with van der Waals surface area (Å²) in [5.74, 6) is -1.87. The molecule has 7 heteroatoms. The average Bonchev–Trinajstić information content (AvgIpc) is 3.08. The van der Waals surface area contributed by atoms with Gasteiger partial charge >= 0.3 is 5.69 Å². The summed E-state index contributed by atoms with van der Waals surface area (Å²) in [6.07, 6.45) is 3.25. The summed E-state index contributed by atoms with van der Waals surface area (Å²) in [6.45, 7) is -0.0628. The number of nitrogens with zero attached hydrogens (tertiary/aromatic N) is 2. The third kappa shape index (κ3) is 1.75. The molecule has 0 saturated carbocycles. The van der Waals surface area contributed by atoms with Crippen LogP contribution in [0, 0.1) is 11.6 Å². The average molecular weight is 300 g/mol. The Morgan fingerprint density at radius 1 is 1.23 bits per heavy atom. The fourth-order valence-corrected chi connectivity index (χ4v) is 2.65.